The summed E-state index contributed by atoms with van der Waals surface area (Å²) in [5, 5.41) is 20.3. The Morgan fingerprint density at radius 3 is 1.92 bits per heavy atom. The molecule has 4 aromatic rings. The van der Waals surface area contributed by atoms with Gasteiger partial charge in [-0.05, 0) is 17.1 Å². The van der Waals surface area contributed by atoms with Gasteiger partial charge in [0.05, 0.1) is 0 Å². The van der Waals surface area contributed by atoms with Crippen LogP contribution in [0.3, 0.4) is 0 Å². The van der Waals surface area contributed by atoms with Gasteiger partial charge >= 0.3 is 7.12 Å². The molecule has 0 fully saturated rings. The zero-order valence-corrected chi connectivity index (χ0v) is 12.9. The molecular formula is C20H15BO3. The van der Waals surface area contributed by atoms with Gasteiger partial charge < -0.3 is 14.5 Å². The predicted octanol–water partition coefficient (Wildman–Crippen LogP) is 3.45. The fourth-order valence-electron chi connectivity index (χ4n) is 3.06. The summed E-state index contributed by atoms with van der Waals surface area (Å²) < 4.78 is 6.11. The average molecular weight is 314 g/mol. The Kier molecular flexibility index (Phi) is 3.69. The molecule has 0 radical (unpaired) electrons. The highest BCUT2D eigenvalue weighted by atomic mass is 16.4. The van der Waals surface area contributed by atoms with E-state index in [1.165, 1.54) is 0 Å². The Morgan fingerprint density at radius 2 is 1.29 bits per heavy atom. The van der Waals surface area contributed by atoms with Crippen LogP contribution in [-0.2, 0) is 0 Å². The van der Waals surface area contributed by atoms with Gasteiger partial charge in [0.1, 0.15) is 11.3 Å². The number of benzene rings is 3. The van der Waals surface area contributed by atoms with Crippen molar-refractivity contribution >= 4 is 23.6 Å². The number of furan rings is 1. The van der Waals surface area contributed by atoms with E-state index >= 15 is 0 Å². The van der Waals surface area contributed by atoms with E-state index in [0.29, 0.717) is 11.0 Å². The van der Waals surface area contributed by atoms with Crippen LogP contribution in [0.4, 0.5) is 0 Å². The van der Waals surface area contributed by atoms with Crippen molar-refractivity contribution in [3.8, 4) is 22.5 Å². The minimum absolute atomic E-state index is 0.442. The highest BCUT2D eigenvalue weighted by molar-refractivity contribution is 6.62. The van der Waals surface area contributed by atoms with E-state index in [1.54, 1.807) is 12.1 Å². The molecule has 4 rings (SSSR count). The van der Waals surface area contributed by atoms with Gasteiger partial charge in [-0.3, -0.25) is 0 Å². The molecule has 3 nitrogen and oxygen atoms in total. The quantitative estimate of drug-likeness (QED) is 0.570. The summed E-state index contributed by atoms with van der Waals surface area (Å²) in [6.45, 7) is 0. The smallest absolute Gasteiger partial charge is 0.455 e. The lowest BCUT2D eigenvalue weighted by Gasteiger charge is -2.06. The molecule has 0 aliphatic rings. The van der Waals surface area contributed by atoms with Crippen LogP contribution >= 0.6 is 0 Å². The molecule has 1 aromatic heterocycles. The van der Waals surface area contributed by atoms with Crippen LogP contribution in [0.25, 0.3) is 33.4 Å². The van der Waals surface area contributed by atoms with E-state index < -0.39 is 7.12 Å². The summed E-state index contributed by atoms with van der Waals surface area (Å²) in [6, 6.07) is 25.0. The molecule has 0 spiro atoms. The van der Waals surface area contributed by atoms with Crippen molar-refractivity contribution in [2.24, 2.45) is 0 Å². The molecule has 24 heavy (non-hydrogen) atoms. The van der Waals surface area contributed by atoms with Crippen molar-refractivity contribution in [3.05, 3.63) is 78.9 Å². The molecule has 2 N–H and O–H groups in total. The second kappa shape index (κ2) is 6.00. The first kappa shape index (κ1) is 14.8. The molecule has 0 bridgehead atoms. The maximum Gasteiger partial charge on any atom is 0.489 e. The summed E-state index contributed by atoms with van der Waals surface area (Å²) in [6.07, 6.45) is 0. The molecule has 0 unspecified atom stereocenters. The van der Waals surface area contributed by atoms with Gasteiger partial charge in [-0.15, -0.1) is 0 Å². The summed E-state index contributed by atoms with van der Waals surface area (Å²) >= 11 is 0. The number of hydrogen-bond acceptors (Lipinski definition) is 3. The van der Waals surface area contributed by atoms with E-state index in [2.05, 4.69) is 0 Å². The fraction of sp³-hybridized carbons (Fsp3) is 0. The predicted molar refractivity (Wildman–Crippen MR) is 96.9 cm³/mol. The van der Waals surface area contributed by atoms with Crippen molar-refractivity contribution < 1.29 is 14.5 Å². The highest BCUT2D eigenvalue weighted by Crippen LogP contribution is 2.39. The molecule has 1 heterocycles. The van der Waals surface area contributed by atoms with Gasteiger partial charge in [-0.1, -0.05) is 72.8 Å². The lowest BCUT2D eigenvalue weighted by Crippen LogP contribution is -2.30. The summed E-state index contributed by atoms with van der Waals surface area (Å²) in [4.78, 5) is 0. The van der Waals surface area contributed by atoms with Gasteiger partial charge in [0.15, 0.2) is 0 Å². The minimum Gasteiger partial charge on any atom is -0.455 e. The first-order chi connectivity index (χ1) is 11.8. The molecule has 0 aliphatic heterocycles. The maximum absolute atomic E-state index is 9.79. The third-order valence-corrected chi connectivity index (χ3v) is 4.12. The molecule has 0 atom stereocenters. The van der Waals surface area contributed by atoms with E-state index in [9.17, 15) is 10.0 Å². The number of hydrogen-bond donors (Lipinski definition) is 2. The van der Waals surface area contributed by atoms with E-state index in [-0.39, 0.29) is 0 Å². The Labute approximate surface area is 140 Å². The van der Waals surface area contributed by atoms with Crippen molar-refractivity contribution in [1.29, 1.82) is 0 Å². The minimum atomic E-state index is -1.56. The standard InChI is InChI=1S/C20H15BO3/c22-21(23)16-12-7-13-17-19(16)18(14-8-3-1-4-9-14)20(24-17)15-10-5-2-6-11-15/h1-13,22-23H. The van der Waals surface area contributed by atoms with Crippen molar-refractivity contribution in [2.75, 3.05) is 0 Å². The van der Waals surface area contributed by atoms with Crippen molar-refractivity contribution in [1.82, 2.24) is 0 Å². The van der Waals surface area contributed by atoms with Crippen LogP contribution in [0.1, 0.15) is 0 Å². The van der Waals surface area contributed by atoms with Crippen LogP contribution in [0, 0.1) is 0 Å². The van der Waals surface area contributed by atoms with Crippen LogP contribution in [0.5, 0.6) is 0 Å². The van der Waals surface area contributed by atoms with E-state index in [4.69, 9.17) is 4.42 Å². The third kappa shape index (κ3) is 2.42. The van der Waals surface area contributed by atoms with Crippen molar-refractivity contribution in [2.45, 2.75) is 0 Å². The summed E-state index contributed by atoms with van der Waals surface area (Å²) in [7, 11) is -1.56. The largest absolute Gasteiger partial charge is 0.489 e. The second-order valence-corrected chi connectivity index (χ2v) is 5.63. The average Bonchev–Trinajstić information content (AvgIpc) is 3.02. The highest BCUT2D eigenvalue weighted by Gasteiger charge is 2.24. The zero-order valence-electron chi connectivity index (χ0n) is 12.9. The summed E-state index contributed by atoms with van der Waals surface area (Å²) in [5.41, 5.74) is 3.88. The van der Waals surface area contributed by atoms with Crippen molar-refractivity contribution in [3.63, 3.8) is 0 Å². The Balaban J connectivity index is 2.12. The van der Waals surface area contributed by atoms with Crippen LogP contribution < -0.4 is 5.46 Å². The first-order valence-electron chi connectivity index (χ1n) is 7.78. The lowest BCUT2D eigenvalue weighted by atomic mass is 9.76. The van der Waals surface area contributed by atoms with Gasteiger partial charge in [0.2, 0.25) is 0 Å². The monoisotopic (exact) mass is 314 g/mol. The normalized spacial score (nSPS) is 10.9. The first-order valence-corrected chi connectivity index (χ1v) is 7.78. The van der Waals surface area contributed by atoms with Gasteiger partial charge in [0, 0.05) is 16.5 Å². The van der Waals surface area contributed by atoms with Crippen LogP contribution in [0.15, 0.2) is 83.3 Å². The molecule has 0 saturated carbocycles. The van der Waals surface area contributed by atoms with Gasteiger partial charge in [0.25, 0.3) is 0 Å². The SMILES string of the molecule is OB(O)c1cccc2oc(-c3ccccc3)c(-c3ccccc3)c12. The summed E-state index contributed by atoms with van der Waals surface area (Å²) in [5.74, 6) is 0.727. The van der Waals surface area contributed by atoms with Crippen LogP contribution in [-0.4, -0.2) is 17.2 Å². The topological polar surface area (TPSA) is 53.6 Å². The van der Waals surface area contributed by atoms with Gasteiger partial charge in [-0.2, -0.15) is 0 Å². The molecular weight excluding hydrogens is 299 g/mol. The lowest BCUT2D eigenvalue weighted by molar-refractivity contribution is 0.426. The number of fused-ring (bicyclic) bond motifs is 1. The molecule has 116 valence electrons. The Hall–Kier alpha value is -2.82. The maximum atomic E-state index is 9.79. The molecule has 0 amide bonds. The molecule has 3 aromatic carbocycles. The molecule has 0 aliphatic carbocycles. The second-order valence-electron chi connectivity index (χ2n) is 5.63. The third-order valence-electron chi connectivity index (χ3n) is 4.12. The van der Waals surface area contributed by atoms with Crippen LogP contribution in [0.2, 0.25) is 0 Å². The Bertz CT molecular complexity index is 976. The van der Waals surface area contributed by atoms with E-state index in [1.807, 2.05) is 66.7 Å². The molecule has 4 heteroatoms. The molecule has 0 saturated heterocycles. The Morgan fingerprint density at radius 1 is 0.667 bits per heavy atom. The van der Waals surface area contributed by atoms with Gasteiger partial charge in [-0.25, -0.2) is 0 Å². The number of rotatable bonds is 3. The van der Waals surface area contributed by atoms with E-state index in [0.717, 1.165) is 27.8 Å². The zero-order chi connectivity index (χ0) is 16.5. The fourth-order valence-corrected chi connectivity index (χ4v) is 3.06.